The molecule has 6 heteroatoms. The molecule has 0 saturated carbocycles. The van der Waals surface area contributed by atoms with Crippen LogP contribution in [0.15, 0.2) is 97.2 Å². The highest BCUT2D eigenvalue weighted by molar-refractivity contribution is 5.71. The molecule has 0 N–H and O–H groups in total. The van der Waals surface area contributed by atoms with Crippen LogP contribution in [0, 0.1) is 0 Å². The first-order valence-corrected chi connectivity index (χ1v) is 28.2. The molecule has 1 atom stereocenters. The summed E-state index contributed by atoms with van der Waals surface area (Å²) in [6.45, 7) is 6.47. The minimum atomic E-state index is -0.787. The minimum Gasteiger partial charge on any atom is -0.462 e. The third-order valence-corrected chi connectivity index (χ3v) is 11.8. The maximum Gasteiger partial charge on any atom is 0.306 e. The Morgan fingerprint density at radius 2 is 0.574 bits per heavy atom. The number of allylic oxidation sites excluding steroid dienone is 16. The third-order valence-electron chi connectivity index (χ3n) is 11.8. The Hall–Kier alpha value is -3.67. The first-order valence-electron chi connectivity index (χ1n) is 28.2. The van der Waals surface area contributed by atoms with E-state index in [1.165, 1.54) is 83.5 Å². The molecular weight excluding hydrogens is 841 g/mol. The van der Waals surface area contributed by atoms with Crippen LogP contribution in [0.25, 0.3) is 0 Å². The van der Waals surface area contributed by atoms with Crippen LogP contribution >= 0.6 is 0 Å². The fourth-order valence-electron chi connectivity index (χ4n) is 7.59. The first kappa shape index (κ1) is 64.3. The maximum absolute atomic E-state index is 12.8. The molecule has 0 spiro atoms. The molecule has 1 unspecified atom stereocenters. The molecule has 0 heterocycles. The monoisotopic (exact) mass is 945 g/mol. The summed E-state index contributed by atoms with van der Waals surface area (Å²) in [6, 6.07) is 0. The van der Waals surface area contributed by atoms with Crippen molar-refractivity contribution in [2.45, 2.75) is 264 Å². The molecule has 0 aliphatic carbocycles. The van der Waals surface area contributed by atoms with Crippen molar-refractivity contribution in [3.8, 4) is 0 Å². The van der Waals surface area contributed by atoms with Gasteiger partial charge in [-0.05, 0) is 103 Å². The lowest BCUT2D eigenvalue weighted by molar-refractivity contribution is -0.167. The van der Waals surface area contributed by atoms with Crippen molar-refractivity contribution in [2.24, 2.45) is 0 Å². The van der Waals surface area contributed by atoms with Gasteiger partial charge in [-0.1, -0.05) is 234 Å². The van der Waals surface area contributed by atoms with E-state index in [4.69, 9.17) is 14.2 Å². The van der Waals surface area contributed by atoms with E-state index in [2.05, 4.69) is 118 Å². The smallest absolute Gasteiger partial charge is 0.306 e. The summed E-state index contributed by atoms with van der Waals surface area (Å²) in [5, 5.41) is 0. The highest BCUT2D eigenvalue weighted by atomic mass is 16.6. The molecule has 0 aromatic rings. The number of ether oxygens (including phenoxy) is 3. The molecule has 0 aromatic carbocycles. The Morgan fingerprint density at radius 1 is 0.309 bits per heavy atom. The molecular formula is C62H104O6. The maximum atomic E-state index is 12.8. The van der Waals surface area contributed by atoms with Gasteiger partial charge in [0.2, 0.25) is 0 Å². The van der Waals surface area contributed by atoms with Crippen LogP contribution in [0.3, 0.4) is 0 Å². The van der Waals surface area contributed by atoms with Gasteiger partial charge in [0.1, 0.15) is 13.2 Å². The number of carbonyl (C=O) groups is 3. The van der Waals surface area contributed by atoms with Crippen LogP contribution in [0.4, 0.5) is 0 Å². The van der Waals surface area contributed by atoms with Gasteiger partial charge in [-0.3, -0.25) is 14.4 Å². The largest absolute Gasteiger partial charge is 0.462 e. The van der Waals surface area contributed by atoms with Crippen molar-refractivity contribution in [1.29, 1.82) is 0 Å². The van der Waals surface area contributed by atoms with E-state index >= 15 is 0 Å². The Kier molecular flexibility index (Phi) is 52.9. The molecule has 0 saturated heterocycles. The second kappa shape index (κ2) is 55.9. The minimum absolute atomic E-state index is 0.0862. The van der Waals surface area contributed by atoms with E-state index < -0.39 is 6.10 Å². The van der Waals surface area contributed by atoms with Crippen molar-refractivity contribution < 1.29 is 28.6 Å². The zero-order chi connectivity index (χ0) is 49.3. The Balaban J connectivity index is 4.28. The van der Waals surface area contributed by atoms with E-state index in [1.54, 1.807) is 0 Å². The molecule has 0 radical (unpaired) electrons. The summed E-state index contributed by atoms with van der Waals surface area (Å²) in [6.07, 6.45) is 74.1. The van der Waals surface area contributed by atoms with Crippen molar-refractivity contribution in [3.05, 3.63) is 97.2 Å². The van der Waals surface area contributed by atoms with Crippen LogP contribution in [0.1, 0.15) is 258 Å². The highest BCUT2D eigenvalue weighted by Crippen LogP contribution is 2.14. The van der Waals surface area contributed by atoms with Crippen molar-refractivity contribution in [1.82, 2.24) is 0 Å². The van der Waals surface area contributed by atoms with Gasteiger partial charge in [0.25, 0.3) is 0 Å². The number of hydrogen-bond acceptors (Lipinski definition) is 6. The van der Waals surface area contributed by atoms with E-state index in [0.717, 1.165) is 135 Å². The molecule has 0 rings (SSSR count). The van der Waals surface area contributed by atoms with Crippen molar-refractivity contribution in [2.75, 3.05) is 13.2 Å². The van der Waals surface area contributed by atoms with Gasteiger partial charge in [-0.25, -0.2) is 0 Å². The summed E-state index contributed by atoms with van der Waals surface area (Å²) in [7, 11) is 0. The molecule has 0 aliphatic heterocycles. The van der Waals surface area contributed by atoms with Crippen molar-refractivity contribution >= 4 is 17.9 Å². The Morgan fingerprint density at radius 3 is 0.912 bits per heavy atom. The zero-order valence-corrected chi connectivity index (χ0v) is 44.3. The normalized spacial score (nSPS) is 12.8. The molecule has 0 fully saturated rings. The SMILES string of the molecule is CC/C=C\C/C=C\C/C=C\C/C=C\C/C=C\C/C=C\C/C=C\CCCCCCCC(=O)OCC(COC(=O)CCCCCCCCCC)OC(=O)CCCCCCC/C=C\CCCCCCCC. The summed E-state index contributed by atoms with van der Waals surface area (Å²) >= 11 is 0. The van der Waals surface area contributed by atoms with Crippen LogP contribution in [0.5, 0.6) is 0 Å². The Labute approximate surface area is 419 Å². The topological polar surface area (TPSA) is 78.9 Å². The van der Waals surface area contributed by atoms with E-state index in [0.29, 0.717) is 19.3 Å². The lowest BCUT2D eigenvalue weighted by Gasteiger charge is -2.18. The fourth-order valence-corrected chi connectivity index (χ4v) is 7.59. The molecule has 68 heavy (non-hydrogen) atoms. The number of hydrogen-bond donors (Lipinski definition) is 0. The van der Waals surface area contributed by atoms with Gasteiger partial charge in [-0.15, -0.1) is 0 Å². The van der Waals surface area contributed by atoms with Gasteiger partial charge in [0, 0.05) is 19.3 Å². The Bertz CT molecular complexity index is 1360. The van der Waals surface area contributed by atoms with Gasteiger partial charge >= 0.3 is 17.9 Å². The van der Waals surface area contributed by atoms with Gasteiger partial charge < -0.3 is 14.2 Å². The molecule has 0 bridgehead atoms. The second-order valence-corrected chi connectivity index (χ2v) is 18.5. The summed E-state index contributed by atoms with van der Waals surface area (Å²) in [5.74, 6) is -0.918. The average molecular weight is 946 g/mol. The van der Waals surface area contributed by atoms with Gasteiger partial charge in [0.15, 0.2) is 6.10 Å². The quantitative estimate of drug-likeness (QED) is 0.0262. The third kappa shape index (κ3) is 53.3. The molecule has 6 nitrogen and oxygen atoms in total. The van der Waals surface area contributed by atoms with Crippen LogP contribution in [0.2, 0.25) is 0 Å². The van der Waals surface area contributed by atoms with Gasteiger partial charge in [-0.2, -0.15) is 0 Å². The van der Waals surface area contributed by atoms with Crippen molar-refractivity contribution in [3.63, 3.8) is 0 Å². The lowest BCUT2D eigenvalue weighted by Crippen LogP contribution is -2.30. The average Bonchev–Trinajstić information content (AvgIpc) is 3.34. The summed E-state index contributed by atoms with van der Waals surface area (Å²) in [4.78, 5) is 37.9. The molecule has 0 aliphatic rings. The van der Waals surface area contributed by atoms with Crippen LogP contribution < -0.4 is 0 Å². The standard InChI is InChI=1S/C62H104O6/c1-4-7-10-13-16-19-21-23-25-26-27-28-29-30-31-32-33-34-35-36-38-39-41-43-46-49-52-55-61(64)67-58-59(57-66-60(63)54-51-48-45-18-15-12-9-6-3)68-62(65)56-53-50-47-44-42-40-37-24-22-20-17-14-11-8-5-2/h7,10,16,19,23-25,27-28,30-31,33-34,36-38,59H,4-6,8-9,11-15,17-18,20-22,26,29,32,35,39-58H2,1-3H3/b10-7-,19-16-,25-23-,28-27-,31-30-,34-33-,37-24-,38-36-. The predicted molar refractivity (Wildman–Crippen MR) is 293 cm³/mol. The summed E-state index contributed by atoms with van der Waals surface area (Å²) < 4.78 is 16.8. The number of unbranched alkanes of at least 4 members (excludes halogenated alkanes) is 23. The molecule has 388 valence electrons. The summed E-state index contributed by atoms with van der Waals surface area (Å²) in [5.41, 5.74) is 0. The molecule has 0 amide bonds. The predicted octanol–water partition coefficient (Wildman–Crippen LogP) is 18.9. The highest BCUT2D eigenvalue weighted by Gasteiger charge is 2.19. The lowest BCUT2D eigenvalue weighted by atomic mass is 10.1. The van der Waals surface area contributed by atoms with E-state index in [9.17, 15) is 14.4 Å². The van der Waals surface area contributed by atoms with Gasteiger partial charge in [0.05, 0.1) is 0 Å². The van der Waals surface area contributed by atoms with Crippen LogP contribution in [-0.2, 0) is 28.6 Å². The fraction of sp³-hybridized carbons (Fsp3) is 0.694. The zero-order valence-electron chi connectivity index (χ0n) is 44.3. The first-order chi connectivity index (χ1) is 33.5. The second-order valence-electron chi connectivity index (χ2n) is 18.5. The number of rotatable bonds is 50. The number of carbonyl (C=O) groups excluding carboxylic acids is 3. The molecule has 0 aromatic heterocycles. The van der Waals surface area contributed by atoms with Crippen LogP contribution in [-0.4, -0.2) is 37.2 Å². The van der Waals surface area contributed by atoms with E-state index in [1.807, 2.05) is 0 Å². The van der Waals surface area contributed by atoms with E-state index in [-0.39, 0.29) is 31.1 Å². The number of esters is 3.